The molecule has 1 aliphatic rings. The van der Waals surface area contributed by atoms with Crippen LogP contribution in [0.25, 0.3) is 0 Å². The van der Waals surface area contributed by atoms with Gasteiger partial charge in [-0.1, -0.05) is 19.3 Å². The van der Waals surface area contributed by atoms with Gasteiger partial charge < -0.3 is 11.1 Å². The molecule has 4 nitrogen and oxygen atoms in total. The lowest BCUT2D eigenvalue weighted by molar-refractivity contribution is -0.143. The van der Waals surface area contributed by atoms with E-state index >= 15 is 0 Å². The monoisotopic (exact) mass is 367 g/mol. The van der Waals surface area contributed by atoms with Gasteiger partial charge in [0.05, 0.1) is 12.1 Å². The minimum absolute atomic E-state index is 0. The molecule has 1 fully saturated rings. The molecular weight excluding hydrogens is 342 g/mol. The van der Waals surface area contributed by atoms with Crippen molar-refractivity contribution < 1.29 is 18.0 Å². The Morgan fingerprint density at radius 2 is 1.77 bits per heavy atom. The number of nitrogens with one attached hydrogen (secondary N) is 1. The predicted octanol–water partition coefficient (Wildman–Crippen LogP) is 2.49. The van der Waals surface area contributed by atoms with Gasteiger partial charge in [0.25, 0.3) is 0 Å². The van der Waals surface area contributed by atoms with Crippen molar-refractivity contribution in [2.75, 3.05) is 26.7 Å². The Bertz CT molecular complexity index is 324. The Morgan fingerprint density at radius 3 is 2.27 bits per heavy atom. The highest BCUT2D eigenvalue weighted by molar-refractivity contribution is 5.86. The van der Waals surface area contributed by atoms with Crippen LogP contribution in [0.4, 0.5) is 13.2 Å². The molecule has 0 heterocycles. The lowest BCUT2D eigenvalue weighted by Crippen LogP contribution is -2.55. The molecule has 0 atom stereocenters. The van der Waals surface area contributed by atoms with Gasteiger partial charge in [-0.25, -0.2) is 0 Å². The van der Waals surface area contributed by atoms with Crippen molar-refractivity contribution in [1.82, 2.24) is 10.2 Å². The summed E-state index contributed by atoms with van der Waals surface area (Å²) in [6.07, 6.45) is 0.695. The molecular formula is C13H26Cl2F3N3O. The number of rotatable bonds is 6. The zero-order valence-electron chi connectivity index (χ0n) is 12.7. The molecule has 0 aliphatic heterocycles. The third kappa shape index (κ3) is 9.02. The fourth-order valence-corrected chi connectivity index (χ4v) is 2.52. The van der Waals surface area contributed by atoms with Crippen molar-refractivity contribution in [2.45, 2.75) is 50.2 Å². The van der Waals surface area contributed by atoms with Crippen LogP contribution in [-0.2, 0) is 4.79 Å². The summed E-state index contributed by atoms with van der Waals surface area (Å²) in [6, 6.07) is 0. The van der Waals surface area contributed by atoms with Gasteiger partial charge in [0.2, 0.25) is 5.91 Å². The molecule has 1 amide bonds. The van der Waals surface area contributed by atoms with Gasteiger partial charge in [-0.2, -0.15) is 13.2 Å². The molecule has 22 heavy (non-hydrogen) atoms. The van der Waals surface area contributed by atoms with E-state index in [0.29, 0.717) is 25.8 Å². The van der Waals surface area contributed by atoms with E-state index in [1.54, 1.807) is 0 Å². The van der Waals surface area contributed by atoms with Crippen LogP contribution in [0.2, 0.25) is 0 Å². The van der Waals surface area contributed by atoms with Gasteiger partial charge in [0.15, 0.2) is 0 Å². The molecule has 0 bridgehead atoms. The fourth-order valence-electron chi connectivity index (χ4n) is 2.52. The molecule has 0 unspecified atom stereocenters. The molecule has 0 saturated heterocycles. The summed E-state index contributed by atoms with van der Waals surface area (Å²) >= 11 is 0. The van der Waals surface area contributed by atoms with E-state index in [1.807, 2.05) is 0 Å². The highest BCUT2D eigenvalue weighted by Crippen LogP contribution is 2.25. The van der Waals surface area contributed by atoms with Crippen molar-refractivity contribution in [3.05, 3.63) is 0 Å². The van der Waals surface area contributed by atoms with Crippen LogP contribution in [0.3, 0.4) is 0 Å². The summed E-state index contributed by atoms with van der Waals surface area (Å²) in [5, 5.41) is 2.74. The van der Waals surface area contributed by atoms with Gasteiger partial charge >= 0.3 is 6.18 Å². The Morgan fingerprint density at radius 1 is 1.23 bits per heavy atom. The molecule has 0 aromatic rings. The van der Waals surface area contributed by atoms with Gasteiger partial charge in [-0.05, 0) is 32.9 Å². The summed E-state index contributed by atoms with van der Waals surface area (Å²) in [7, 11) is 1.42. The molecule has 9 heteroatoms. The summed E-state index contributed by atoms with van der Waals surface area (Å²) in [5.74, 6) is -0.171. The van der Waals surface area contributed by atoms with Crippen molar-refractivity contribution in [2.24, 2.45) is 5.73 Å². The maximum absolute atomic E-state index is 12.1. The standard InChI is InChI=1S/C13H24F3N3O.2ClH/c1-19(10-13(14,15)16)9-5-8-18-11(20)12(17)6-3-2-4-7-12;;/h2-10,17H2,1H3,(H,18,20);2*1H. The van der Waals surface area contributed by atoms with E-state index in [9.17, 15) is 18.0 Å². The summed E-state index contributed by atoms with van der Waals surface area (Å²) in [6.45, 7) is -0.279. The Balaban J connectivity index is 0. The van der Waals surface area contributed by atoms with Crippen LogP contribution in [0.5, 0.6) is 0 Å². The second-order valence-electron chi connectivity index (χ2n) is 5.68. The van der Waals surface area contributed by atoms with E-state index < -0.39 is 18.3 Å². The normalized spacial score (nSPS) is 17.4. The molecule has 0 aromatic heterocycles. The van der Waals surface area contributed by atoms with E-state index in [0.717, 1.165) is 19.3 Å². The van der Waals surface area contributed by atoms with Gasteiger partial charge in [-0.3, -0.25) is 9.69 Å². The number of nitrogens with two attached hydrogens (primary N) is 1. The molecule has 1 aliphatic carbocycles. The smallest absolute Gasteiger partial charge is 0.354 e. The largest absolute Gasteiger partial charge is 0.401 e. The SMILES string of the molecule is CN(CCCNC(=O)C1(N)CCCCC1)CC(F)(F)F.Cl.Cl. The lowest BCUT2D eigenvalue weighted by Gasteiger charge is -2.31. The first-order valence-corrected chi connectivity index (χ1v) is 7.05. The summed E-state index contributed by atoms with van der Waals surface area (Å²) < 4.78 is 36.3. The molecule has 134 valence electrons. The molecule has 1 rings (SSSR count). The number of hydrogen-bond donors (Lipinski definition) is 2. The Kier molecular flexibility index (Phi) is 11.5. The number of carbonyl (C=O) groups excluding carboxylic acids is 1. The summed E-state index contributed by atoms with van der Waals surface area (Å²) in [4.78, 5) is 13.2. The van der Waals surface area contributed by atoms with Crippen molar-refractivity contribution >= 4 is 30.7 Å². The van der Waals surface area contributed by atoms with Crippen LogP contribution >= 0.6 is 24.8 Å². The third-order valence-corrected chi connectivity index (χ3v) is 3.65. The zero-order chi connectivity index (χ0) is 15.2. The highest BCUT2D eigenvalue weighted by atomic mass is 35.5. The number of alkyl halides is 3. The number of nitrogens with zero attached hydrogens (tertiary/aromatic N) is 1. The molecule has 0 spiro atoms. The number of hydrogen-bond acceptors (Lipinski definition) is 3. The summed E-state index contributed by atoms with van der Waals surface area (Å²) in [5.41, 5.74) is 5.28. The number of amides is 1. The lowest BCUT2D eigenvalue weighted by atomic mass is 9.82. The molecule has 0 aromatic carbocycles. The van der Waals surface area contributed by atoms with E-state index in [-0.39, 0.29) is 37.3 Å². The van der Waals surface area contributed by atoms with E-state index in [2.05, 4.69) is 5.32 Å². The van der Waals surface area contributed by atoms with E-state index in [1.165, 1.54) is 11.9 Å². The van der Waals surface area contributed by atoms with Crippen LogP contribution in [0, 0.1) is 0 Å². The molecule has 1 saturated carbocycles. The first-order chi connectivity index (χ1) is 9.23. The zero-order valence-corrected chi connectivity index (χ0v) is 14.4. The minimum atomic E-state index is -4.18. The first-order valence-electron chi connectivity index (χ1n) is 7.05. The second kappa shape index (κ2) is 10.5. The second-order valence-corrected chi connectivity index (χ2v) is 5.68. The van der Waals surface area contributed by atoms with Crippen molar-refractivity contribution in [3.8, 4) is 0 Å². The average molecular weight is 368 g/mol. The Hall–Kier alpha value is -0.240. The van der Waals surface area contributed by atoms with Crippen molar-refractivity contribution in [1.29, 1.82) is 0 Å². The van der Waals surface area contributed by atoms with Crippen LogP contribution in [-0.4, -0.2) is 49.2 Å². The first kappa shape index (κ1) is 24.0. The average Bonchev–Trinajstić information content (AvgIpc) is 2.33. The van der Waals surface area contributed by atoms with Crippen LogP contribution < -0.4 is 11.1 Å². The van der Waals surface area contributed by atoms with E-state index in [4.69, 9.17) is 5.73 Å². The van der Waals surface area contributed by atoms with Gasteiger partial charge in [0.1, 0.15) is 0 Å². The maximum atomic E-state index is 12.1. The molecule has 3 N–H and O–H groups in total. The third-order valence-electron chi connectivity index (χ3n) is 3.65. The van der Waals surface area contributed by atoms with Gasteiger partial charge in [0, 0.05) is 6.54 Å². The fraction of sp³-hybridized carbons (Fsp3) is 0.923. The number of halogens is 5. The van der Waals surface area contributed by atoms with Crippen LogP contribution in [0.15, 0.2) is 0 Å². The van der Waals surface area contributed by atoms with Crippen molar-refractivity contribution in [3.63, 3.8) is 0 Å². The van der Waals surface area contributed by atoms with Crippen LogP contribution in [0.1, 0.15) is 38.5 Å². The van der Waals surface area contributed by atoms with Gasteiger partial charge in [-0.15, -0.1) is 24.8 Å². The maximum Gasteiger partial charge on any atom is 0.401 e. The quantitative estimate of drug-likeness (QED) is 0.709. The predicted molar refractivity (Wildman–Crippen MR) is 85.7 cm³/mol. The number of carbonyl (C=O) groups is 1. The molecule has 0 radical (unpaired) electrons. The highest BCUT2D eigenvalue weighted by Gasteiger charge is 2.34. The minimum Gasteiger partial charge on any atom is -0.354 e. The Labute approximate surface area is 142 Å². The topological polar surface area (TPSA) is 58.4 Å².